The molecule has 0 saturated heterocycles. The summed E-state index contributed by atoms with van der Waals surface area (Å²) in [5.41, 5.74) is 1.31. The van der Waals surface area contributed by atoms with Crippen LogP contribution >= 0.6 is 0 Å². The van der Waals surface area contributed by atoms with Gasteiger partial charge in [-0.2, -0.15) is 0 Å². The zero-order valence-corrected chi connectivity index (χ0v) is 11.2. The van der Waals surface area contributed by atoms with Crippen LogP contribution in [0.2, 0.25) is 0 Å². The zero-order valence-electron chi connectivity index (χ0n) is 11.2. The number of likely N-dealkylation sites (N-methyl/N-ethyl adjacent to an activating group) is 2. The lowest BCUT2D eigenvalue weighted by Gasteiger charge is -2.20. The van der Waals surface area contributed by atoms with Gasteiger partial charge in [0.25, 0.3) is 0 Å². The summed E-state index contributed by atoms with van der Waals surface area (Å²) in [6.07, 6.45) is 0. The number of hydrogen-bond acceptors (Lipinski definition) is 3. The molecule has 0 aliphatic rings. The summed E-state index contributed by atoms with van der Waals surface area (Å²) < 4.78 is 5.24. The fourth-order valence-electron chi connectivity index (χ4n) is 1.79. The van der Waals surface area contributed by atoms with Gasteiger partial charge in [-0.1, -0.05) is 26.0 Å². The average molecular weight is 236 g/mol. The average Bonchev–Trinajstić information content (AvgIpc) is 2.38. The molecule has 0 aromatic heterocycles. The first-order chi connectivity index (χ1) is 8.30. The summed E-state index contributed by atoms with van der Waals surface area (Å²) in [5, 5.41) is 3.36. The molecule has 0 fully saturated rings. The van der Waals surface area contributed by atoms with Crippen LogP contribution in [0.3, 0.4) is 0 Å². The number of nitrogens with one attached hydrogen (secondary N) is 1. The Hall–Kier alpha value is -1.06. The summed E-state index contributed by atoms with van der Waals surface area (Å²) in [4.78, 5) is 2.43. The van der Waals surface area contributed by atoms with Gasteiger partial charge in [0.1, 0.15) is 5.75 Å². The second-order valence-electron chi connectivity index (χ2n) is 4.07. The van der Waals surface area contributed by atoms with E-state index in [1.807, 2.05) is 12.1 Å². The second-order valence-corrected chi connectivity index (χ2v) is 4.07. The maximum atomic E-state index is 5.24. The van der Waals surface area contributed by atoms with Crippen molar-refractivity contribution in [3.05, 3.63) is 29.8 Å². The van der Waals surface area contributed by atoms with Crippen molar-refractivity contribution < 1.29 is 4.74 Å². The van der Waals surface area contributed by atoms with Gasteiger partial charge in [-0.3, -0.25) is 4.90 Å². The fourth-order valence-corrected chi connectivity index (χ4v) is 1.79. The molecule has 0 heterocycles. The molecule has 3 nitrogen and oxygen atoms in total. The molecule has 0 unspecified atom stereocenters. The van der Waals surface area contributed by atoms with Gasteiger partial charge in [0.05, 0.1) is 7.11 Å². The van der Waals surface area contributed by atoms with Crippen LogP contribution < -0.4 is 10.1 Å². The van der Waals surface area contributed by atoms with Crippen LogP contribution in [0.1, 0.15) is 19.4 Å². The van der Waals surface area contributed by atoms with Gasteiger partial charge in [-0.05, 0) is 30.8 Å². The van der Waals surface area contributed by atoms with E-state index < -0.39 is 0 Å². The Bertz CT molecular complexity index is 315. The highest BCUT2D eigenvalue weighted by molar-refractivity contribution is 5.28. The molecular formula is C14H24N2O. The van der Waals surface area contributed by atoms with Gasteiger partial charge in [0.2, 0.25) is 0 Å². The molecule has 0 amide bonds. The van der Waals surface area contributed by atoms with E-state index in [0.29, 0.717) is 0 Å². The number of methoxy groups -OCH3 is 1. The van der Waals surface area contributed by atoms with Crippen molar-refractivity contribution in [1.29, 1.82) is 0 Å². The highest BCUT2D eigenvalue weighted by Gasteiger charge is 2.03. The van der Waals surface area contributed by atoms with E-state index in [2.05, 4.69) is 36.2 Å². The third-order valence-electron chi connectivity index (χ3n) is 2.84. The minimum Gasteiger partial charge on any atom is -0.497 e. The Kier molecular flexibility index (Phi) is 6.67. The Morgan fingerprint density at radius 3 is 2.76 bits per heavy atom. The third kappa shape index (κ3) is 5.20. The lowest BCUT2D eigenvalue weighted by molar-refractivity contribution is 0.279. The molecule has 17 heavy (non-hydrogen) atoms. The number of benzene rings is 1. The Morgan fingerprint density at radius 1 is 1.29 bits per heavy atom. The normalized spacial score (nSPS) is 10.8. The van der Waals surface area contributed by atoms with Gasteiger partial charge in [0, 0.05) is 19.6 Å². The van der Waals surface area contributed by atoms with Crippen molar-refractivity contribution in [2.45, 2.75) is 20.4 Å². The predicted octanol–water partition coefficient (Wildman–Crippen LogP) is 2.13. The van der Waals surface area contributed by atoms with Crippen molar-refractivity contribution in [3.63, 3.8) is 0 Å². The first kappa shape index (κ1) is 14.0. The minimum absolute atomic E-state index is 0.935. The molecule has 1 aromatic rings. The van der Waals surface area contributed by atoms with Crippen molar-refractivity contribution >= 4 is 0 Å². The third-order valence-corrected chi connectivity index (χ3v) is 2.84. The largest absolute Gasteiger partial charge is 0.497 e. The molecule has 0 radical (unpaired) electrons. The van der Waals surface area contributed by atoms with E-state index in [-0.39, 0.29) is 0 Å². The standard InChI is InChI=1S/C14H24N2O/c1-4-15-9-10-16(5-2)12-13-7-6-8-14(11-13)17-3/h6-8,11,15H,4-5,9-10,12H2,1-3H3. The van der Waals surface area contributed by atoms with Gasteiger partial charge in [0.15, 0.2) is 0 Å². The first-order valence-electron chi connectivity index (χ1n) is 6.36. The van der Waals surface area contributed by atoms with E-state index in [9.17, 15) is 0 Å². The molecule has 0 aliphatic heterocycles. The molecule has 1 aromatic carbocycles. The van der Waals surface area contributed by atoms with E-state index >= 15 is 0 Å². The topological polar surface area (TPSA) is 24.5 Å². The molecule has 1 rings (SSSR count). The van der Waals surface area contributed by atoms with Crippen LogP contribution in [-0.2, 0) is 6.54 Å². The fraction of sp³-hybridized carbons (Fsp3) is 0.571. The Balaban J connectivity index is 2.48. The number of ether oxygens (including phenoxy) is 1. The summed E-state index contributed by atoms with van der Waals surface area (Å²) in [6.45, 7) is 9.57. The van der Waals surface area contributed by atoms with Crippen LogP contribution in [0.5, 0.6) is 5.75 Å². The van der Waals surface area contributed by atoms with Crippen molar-refractivity contribution in [2.75, 3.05) is 33.3 Å². The van der Waals surface area contributed by atoms with Crippen molar-refractivity contribution in [1.82, 2.24) is 10.2 Å². The van der Waals surface area contributed by atoms with Gasteiger partial charge < -0.3 is 10.1 Å². The van der Waals surface area contributed by atoms with Gasteiger partial charge in [-0.15, -0.1) is 0 Å². The van der Waals surface area contributed by atoms with Crippen molar-refractivity contribution in [2.24, 2.45) is 0 Å². The lowest BCUT2D eigenvalue weighted by Crippen LogP contribution is -2.31. The zero-order chi connectivity index (χ0) is 12.5. The SMILES string of the molecule is CCNCCN(CC)Cc1cccc(OC)c1. The van der Waals surface area contributed by atoms with Crippen molar-refractivity contribution in [3.8, 4) is 5.75 Å². The van der Waals surface area contributed by atoms with Gasteiger partial charge in [-0.25, -0.2) is 0 Å². The molecule has 0 spiro atoms. The van der Waals surface area contributed by atoms with E-state index in [4.69, 9.17) is 4.74 Å². The molecule has 0 aliphatic carbocycles. The van der Waals surface area contributed by atoms with Crippen LogP contribution in [-0.4, -0.2) is 38.2 Å². The molecular weight excluding hydrogens is 212 g/mol. The summed E-state index contributed by atoms with van der Waals surface area (Å²) >= 11 is 0. The second kappa shape index (κ2) is 8.09. The molecule has 3 heteroatoms. The maximum Gasteiger partial charge on any atom is 0.119 e. The Morgan fingerprint density at radius 2 is 2.12 bits per heavy atom. The maximum absolute atomic E-state index is 5.24. The predicted molar refractivity (Wildman–Crippen MR) is 72.5 cm³/mol. The number of hydrogen-bond donors (Lipinski definition) is 1. The smallest absolute Gasteiger partial charge is 0.119 e. The summed E-state index contributed by atoms with van der Waals surface area (Å²) in [6, 6.07) is 8.29. The van der Waals surface area contributed by atoms with E-state index in [0.717, 1.165) is 38.5 Å². The first-order valence-corrected chi connectivity index (χ1v) is 6.36. The summed E-state index contributed by atoms with van der Waals surface area (Å²) in [7, 11) is 1.71. The van der Waals surface area contributed by atoms with Crippen LogP contribution in [0.15, 0.2) is 24.3 Å². The molecule has 0 bridgehead atoms. The highest BCUT2D eigenvalue weighted by Crippen LogP contribution is 2.14. The quantitative estimate of drug-likeness (QED) is 0.700. The molecule has 96 valence electrons. The van der Waals surface area contributed by atoms with Crippen LogP contribution in [0, 0.1) is 0 Å². The monoisotopic (exact) mass is 236 g/mol. The van der Waals surface area contributed by atoms with Crippen LogP contribution in [0.4, 0.5) is 0 Å². The van der Waals surface area contributed by atoms with Crippen LogP contribution in [0.25, 0.3) is 0 Å². The molecule has 0 saturated carbocycles. The van der Waals surface area contributed by atoms with E-state index in [1.165, 1.54) is 5.56 Å². The van der Waals surface area contributed by atoms with E-state index in [1.54, 1.807) is 7.11 Å². The van der Waals surface area contributed by atoms with Gasteiger partial charge >= 0.3 is 0 Å². The number of rotatable bonds is 8. The molecule has 1 N–H and O–H groups in total. The summed E-state index contributed by atoms with van der Waals surface area (Å²) in [5.74, 6) is 0.935. The number of nitrogens with zero attached hydrogens (tertiary/aromatic N) is 1. The highest BCUT2D eigenvalue weighted by atomic mass is 16.5. The Labute approximate surface area is 105 Å². The minimum atomic E-state index is 0.935. The lowest BCUT2D eigenvalue weighted by atomic mass is 10.2. The molecule has 0 atom stereocenters.